The van der Waals surface area contributed by atoms with Gasteiger partial charge in [0.25, 0.3) is 10.1 Å². The number of fused-ring (bicyclic) bond motifs is 2. The Morgan fingerprint density at radius 3 is 1.83 bits per heavy atom. The van der Waals surface area contributed by atoms with Crippen LogP contribution >= 0.6 is 0 Å². The van der Waals surface area contributed by atoms with Crippen molar-refractivity contribution in [2.24, 2.45) is 0 Å². The van der Waals surface area contributed by atoms with E-state index in [1.54, 1.807) is 13.1 Å². The number of hydrogen-bond donors (Lipinski definition) is 1. The topological polar surface area (TPSA) is 118 Å². The number of hydrogen-bond acceptors (Lipinski definition) is 8. The molecule has 0 spiro atoms. The highest BCUT2D eigenvalue weighted by molar-refractivity contribution is 7.95. The molecule has 180 valence electrons. The van der Waals surface area contributed by atoms with Gasteiger partial charge in [-0.1, -0.05) is 24.3 Å². The second kappa shape index (κ2) is 9.33. The molecule has 1 aliphatic rings. The Hall–Kier alpha value is -4.41. The van der Waals surface area contributed by atoms with E-state index in [9.17, 15) is 13.0 Å². The molecular formula is C26H21N5O4S. The monoisotopic (exact) mass is 499 g/mol. The van der Waals surface area contributed by atoms with Crippen molar-refractivity contribution in [3.8, 4) is 11.5 Å². The van der Waals surface area contributed by atoms with Gasteiger partial charge in [-0.25, -0.2) is 0 Å². The number of anilines is 2. The van der Waals surface area contributed by atoms with Gasteiger partial charge in [-0.3, -0.25) is 24.5 Å². The highest BCUT2D eigenvalue weighted by Gasteiger charge is 2.30. The summed E-state index contributed by atoms with van der Waals surface area (Å²) in [5.74, 6) is 1.28. The van der Waals surface area contributed by atoms with Crippen LogP contribution in [0.1, 0.15) is 25.2 Å². The molecule has 3 heterocycles. The predicted octanol–water partition coefficient (Wildman–Crippen LogP) is 5.26. The summed E-state index contributed by atoms with van der Waals surface area (Å²) in [4.78, 5) is 18.4. The van der Waals surface area contributed by atoms with Crippen LogP contribution in [0.4, 0.5) is 11.4 Å². The molecular weight excluding hydrogens is 478 g/mol. The van der Waals surface area contributed by atoms with Gasteiger partial charge in [0, 0.05) is 36.1 Å². The molecule has 0 bridgehead atoms. The minimum Gasteiger partial charge on any atom is -0.453 e. The molecule has 10 heteroatoms. The van der Waals surface area contributed by atoms with Crippen molar-refractivity contribution in [1.82, 2.24) is 19.9 Å². The quantitative estimate of drug-likeness (QED) is 0.290. The van der Waals surface area contributed by atoms with Crippen LogP contribution in [0.15, 0.2) is 97.0 Å². The first-order chi connectivity index (χ1) is 17.4. The third-order valence-electron chi connectivity index (χ3n) is 5.72. The molecule has 0 unspecified atom stereocenters. The molecule has 4 aromatic rings. The minimum absolute atomic E-state index is 0.00877. The maximum Gasteiger partial charge on any atom is 0.297 e. The highest BCUT2D eigenvalue weighted by atomic mass is 32.2. The van der Waals surface area contributed by atoms with Crippen molar-refractivity contribution in [3.63, 3.8) is 0 Å². The number of allylic oxidation sites excluding steroid dienone is 3. The summed E-state index contributed by atoms with van der Waals surface area (Å²) in [7, 11) is -4.70. The van der Waals surface area contributed by atoms with E-state index in [0.29, 0.717) is 28.5 Å². The van der Waals surface area contributed by atoms with Crippen LogP contribution in [0, 0.1) is 0 Å². The fraction of sp³-hybridized carbons (Fsp3) is 0.0769. The van der Waals surface area contributed by atoms with E-state index in [1.165, 1.54) is 31.0 Å². The normalized spacial score (nSPS) is 14.1. The molecule has 1 N–H and O–H groups in total. The first-order valence-corrected chi connectivity index (χ1v) is 12.4. The number of rotatable bonds is 5. The molecule has 0 radical (unpaired) electrons. The standard InChI is InChI=1S/C26H21N5O4S/c1-17(26(36(32,33)34)20-16-28-12-14-30-20)25(19-15-27-11-13-29-19)18(2)31-21-7-3-5-9-23(21)35-24-10-6-4-8-22(24)31/h3-16H,1-2H3,(H,32,33,34). The minimum atomic E-state index is -4.70. The van der Waals surface area contributed by atoms with Gasteiger partial charge >= 0.3 is 0 Å². The Bertz CT molecular complexity index is 1560. The Balaban J connectivity index is 1.87. The molecule has 9 nitrogen and oxygen atoms in total. The fourth-order valence-electron chi connectivity index (χ4n) is 4.30. The molecule has 0 fully saturated rings. The smallest absolute Gasteiger partial charge is 0.297 e. The second-order valence-electron chi connectivity index (χ2n) is 7.94. The fourth-order valence-corrected chi connectivity index (χ4v) is 5.16. The van der Waals surface area contributed by atoms with Gasteiger partial charge in [0.1, 0.15) is 10.6 Å². The highest BCUT2D eigenvalue weighted by Crippen LogP contribution is 2.49. The van der Waals surface area contributed by atoms with E-state index >= 15 is 0 Å². The maximum absolute atomic E-state index is 12.6. The molecule has 0 saturated heterocycles. The third kappa shape index (κ3) is 4.23. The lowest BCUT2D eigenvalue weighted by Gasteiger charge is -2.34. The SMILES string of the molecule is CC(C(=C(C)N1c2ccccc2Oc2ccccc21)c1cnccn1)=C(c1cnccn1)S(=O)(=O)O. The molecule has 2 aromatic heterocycles. The average molecular weight is 500 g/mol. The zero-order chi connectivity index (χ0) is 25.3. The first-order valence-electron chi connectivity index (χ1n) is 10.9. The van der Waals surface area contributed by atoms with Crippen molar-refractivity contribution in [1.29, 1.82) is 0 Å². The van der Waals surface area contributed by atoms with Crippen LogP contribution in [-0.2, 0) is 10.1 Å². The molecule has 0 saturated carbocycles. The van der Waals surface area contributed by atoms with Crippen molar-refractivity contribution in [3.05, 3.63) is 108 Å². The van der Waals surface area contributed by atoms with Crippen molar-refractivity contribution < 1.29 is 17.7 Å². The second-order valence-corrected chi connectivity index (χ2v) is 9.30. The van der Waals surface area contributed by atoms with Gasteiger partial charge < -0.3 is 9.64 Å². The summed E-state index contributed by atoms with van der Waals surface area (Å²) in [6.45, 7) is 3.45. The zero-order valence-electron chi connectivity index (χ0n) is 19.4. The van der Waals surface area contributed by atoms with Gasteiger partial charge in [-0.05, 0) is 43.7 Å². The molecule has 36 heavy (non-hydrogen) atoms. The summed E-state index contributed by atoms with van der Waals surface area (Å²) >= 11 is 0. The molecule has 5 rings (SSSR count). The van der Waals surface area contributed by atoms with Crippen LogP contribution in [0.25, 0.3) is 10.5 Å². The van der Waals surface area contributed by atoms with Gasteiger partial charge in [0.05, 0.1) is 29.5 Å². The van der Waals surface area contributed by atoms with E-state index in [1.807, 2.05) is 60.4 Å². The van der Waals surface area contributed by atoms with Crippen LogP contribution in [0.5, 0.6) is 11.5 Å². The van der Waals surface area contributed by atoms with E-state index in [0.717, 1.165) is 11.4 Å². The number of ether oxygens (including phenoxy) is 1. The summed E-state index contributed by atoms with van der Waals surface area (Å²) in [5, 5.41) is 0. The summed E-state index contributed by atoms with van der Waals surface area (Å²) in [6.07, 6.45) is 8.66. The first kappa shape index (κ1) is 23.3. The molecule has 0 aliphatic carbocycles. The lowest BCUT2D eigenvalue weighted by molar-refractivity contribution is 0.476. The van der Waals surface area contributed by atoms with Gasteiger partial charge in [0.15, 0.2) is 11.5 Å². The number of para-hydroxylation sites is 4. The Labute approximate surface area is 208 Å². The van der Waals surface area contributed by atoms with E-state index in [4.69, 9.17) is 4.74 Å². The van der Waals surface area contributed by atoms with Crippen molar-refractivity contribution in [2.45, 2.75) is 13.8 Å². The lowest BCUT2D eigenvalue weighted by Crippen LogP contribution is -2.21. The maximum atomic E-state index is 12.6. The van der Waals surface area contributed by atoms with Gasteiger partial charge in [0.2, 0.25) is 0 Å². The largest absolute Gasteiger partial charge is 0.453 e. The summed E-state index contributed by atoms with van der Waals surface area (Å²) in [6, 6.07) is 15.1. The number of benzene rings is 2. The Morgan fingerprint density at radius 2 is 1.33 bits per heavy atom. The predicted molar refractivity (Wildman–Crippen MR) is 136 cm³/mol. The zero-order valence-corrected chi connectivity index (χ0v) is 20.2. The lowest BCUT2D eigenvalue weighted by atomic mass is 9.99. The van der Waals surface area contributed by atoms with Crippen molar-refractivity contribution in [2.75, 3.05) is 4.90 Å². The van der Waals surface area contributed by atoms with Crippen LogP contribution in [0.2, 0.25) is 0 Å². The molecule has 0 amide bonds. The summed E-state index contributed by atoms with van der Waals surface area (Å²) < 4.78 is 41.7. The third-order valence-corrected chi connectivity index (χ3v) is 6.75. The molecule has 0 atom stereocenters. The van der Waals surface area contributed by atoms with Gasteiger partial charge in [-0.15, -0.1) is 0 Å². The van der Waals surface area contributed by atoms with E-state index < -0.39 is 10.1 Å². The number of nitrogens with zero attached hydrogens (tertiary/aromatic N) is 5. The van der Waals surface area contributed by atoms with Crippen LogP contribution in [-0.4, -0.2) is 32.9 Å². The molecule has 1 aliphatic heterocycles. The molecule has 2 aromatic carbocycles. The summed E-state index contributed by atoms with van der Waals surface area (Å²) in [5.41, 5.74) is 3.27. The Morgan fingerprint density at radius 1 is 0.806 bits per heavy atom. The van der Waals surface area contributed by atoms with Gasteiger partial charge in [-0.2, -0.15) is 8.42 Å². The number of aromatic nitrogens is 4. The Kier molecular flexibility index (Phi) is 6.05. The average Bonchev–Trinajstić information content (AvgIpc) is 2.88. The van der Waals surface area contributed by atoms with E-state index in [2.05, 4.69) is 19.9 Å². The van der Waals surface area contributed by atoms with Crippen LogP contribution in [0.3, 0.4) is 0 Å². The van der Waals surface area contributed by atoms with E-state index in [-0.39, 0.29) is 16.2 Å². The van der Waals surface area contributed by atoms with Crippen LogP contribution < -0.4 is 9.64 Å². The van der Waals surface area contributed by atoms with Crippen molar-refractivity contribution >= 4 is 32.0 Å².